The molecule has 1 saturated carbocycles. The average Bonchev–Trinajstić information content (AvgIpc) is 3.10. The first-order valence-corrected chi connectivity index (χ1v) is 19.0. The summed E-state index contributed by atoms with van der Waals surface area (Å²) in [5.74, 6) is -0.613. The SMILES string of the molecule is COc1ccc(C)cc1N(CC(=O)N(Cc1ccc(Cl)cc1Cl)[C@H](Cc1ccccc1)C(=O)NC1CCCCC1)S(=O)(=O)c1ccc(C)cc1. The molecule has 1 N–H and O–H groups in total. The summed E-state index contributed by atoms with van der Waals surface area (Å²) in [6.07, 6.45) is 5.07. The van der Waals surface area contributed by atoms with E-state index in [0.717, 1.165) is 53.1 Å². The van der Waals surface area contributed by atoms with Gasteiger partial charge in [-0.05, 0) is 79.8 Å². The number of ether oxygens (including phenoxy) is 1. The van der Waals surface area contributed by atoms with E-state index in [9.17, 15) is 18.0 Å². The molecule has 1 fully saturated rings. The van der Waals surface area contributed by atoms with E-state index in [-0.39, 0.29) is 41.2 Å². The van der Waals surface area contributed by atoms with E-state index >= 15 is 0 Å². The lowest BCUT2D eigenvalue weighted by atomic mass is 9.94. The van der Waals surface area contributed by atoms with Crippen molar-refractivity contribution in [2.75, 3.05) is 18.0 Å². The minimum Gasteiger partial charge on any atom is -0.495 e. The Balaban J connectivity index is 1.62. The van der Waals surface area contributed by atoms with Crippen LogP contribution in [-0.4, -0.2) is 50.9 Å². The van der Waals surface area contributed by atoms with Crippen molar-refractivity contribution in [3.63, 3.8) is 0 Å². The number of anilines is 1. The highest BCUT2D eigenvalue weighted by molar-refractivity contribution is 7.92. The van der Waals surface area contributed by atoms with Crippen LogP contribution >= 0.6 is 23.2 Å². The first kappa shape index (κ1) is 37.2. The van der Waals surface area contributed by atoms with Crippen molar-refractivity contribution in [3.8, 4) is 5.75 Å². The van der Waals surface area contributed by atoms with Gasteiger partial charge in [0.2, 0.25) is 11.8 Å². The fraction of sp³-hybridized carbons (Fsp3) is 0.333. The molecule has 0 saturated heterocycles. The highest BCUT2D eigenvalue weighted by Gasteiger charge is 2.36. The van der Waals surface area contributed by atoms with Gasteiger partial charge in [0.1, 0.15) is 18.3 Å². The zero-order valence-electron chi connectivity index (χ0n) is 28.6. The van der Waals surface area contributed by atoms with E-state index in [1.54, 1.807) is 48.5 Å². The number of rotatable bonds is 13. The number of benzene rings is 4. The molecule has 11 heteroatoms. The van der Waals surface area contributed by atoms with E-state index in [1.165, 1.54) is 24.1 Å². The first-order chi connectivity index (χ1) is 24.0. The zero-order valence-corrected chi connectivity index (χ0v) is 30.9. The minimum atomic E-state index is -4.30. The van der Waals surface area contributed by atoms with Gasteiger partial charge in [0.25, 0.3) is 10.0 Å². The molecular formula is C39H43Cl2N3O5S. The van der Waals surface area contributed by atoms with E-state index in [2.05, 4.69) is 5.32 Å². The molecule has 264 valence electrons. The van der Waals surface area contributed by atoms with Crippen molar-refractivity contribution in [1.82, 2.24) is 10.2 Å². The molecule has 0 spiro atoms. The maximum atomic E-state index is 14.9. The zero-order chi connectivity index (χ0) is 35.8. The Morgan fingerprint density at radius 3 is 2.22 bits per heavy atom. The molecule has 0 aromatic heterocycles. The van der Waals surface area contributed by atoms with E-state index in [0.29, 0.717) is 15.6 Å². The van der Waals surface area contributed by atoms with Crippen molar-refractivity contribution in [3.05, 3.63) is 123 Å². The Hall–Kier alpha value is -4.05. The van der Waals surface area contributed by atoms with Gasteiger partial charge in [0.05, 0.1) is 17.7 Å². The number of carbonyl (C=O) groups is 2. The van der Waals surface area contributed by atoms with Gasteiger partial charge >= 0.3 is 0 Å². The third-order valence-corrected chi connectivity index (χ3v) is 11.4. The molecule has 4 aromatic carbocycles. The molecule has 1 aliphatic rings. The van der Waals surface area contributed by atoms with Crippen LogP contribution in [0.4, 0.5) is 5.69 Å². The van der Waals surface area contributed by atoms with Crippen LogP contribution < -0.4 is 14.4 Å². The Bertz CT molecular complexity index is 1900. The quantitative estimate of drug-likeness (QED) is 0.151. The van der Waals surface area contributed by atoms with Crippen molar-refractivity contribution in [2.24, 2.45) is 0 Å². The highest BCUT2D eigenvalue weighted by Crippen LogP contribution is 2.34. The second-order valence-electron chi connectivity index (χ2n) is 12.8. The van der Waals surface area contributed by atoms with Crippen molar-refractivity contribution in [2.45, 2.75) is 75.9 Å². The number of nitrogens with zero attached hydrogens (tertiary/aromatic N) is 2. The van der Waals surface area contributed by atoms with Crippen molar-refractivity contribution >= 4 is 50.7 Å². The summed E-state index contributed by atoms with van der Waals surface area (Å²) >= 11 is 12.9. The fourth-order valence-electron chi connectivity index (χ4n) is 6.28. The van der Waals surface area contributed by atoms with Gasteiger partial charge in [-0.2, -0.15) is 0 Å². The molecule has 0 heterocycles. The number of halogens is 2. The second kappa shape index (κ2) is 16.8. The predicted molar refractivity (Wildman–Crippen MR) is 199 cm³/mol. The van der Waals surface area contributed by atoms with Crippen LogP contribution in [0.25, 0.3) is 0 Å². The van der Waals surface area contributed by atoms with Gasteiger partial charge in [-0.3, -0.25) is 13.9 Å². The van der Waals surface area contributed by atoms with Crippen LogP contribution in [0.3, 0.4) is 0 Å². The number of hydrogen-bond acceptors (Lipinski definition) is 5. The lowest BCUT2D eigenvalue weighted by molar-refractivity contribution is -0.140. The first-order valence-electron chi connectivity index (χ1n) is 16.8. The maximum Gasteiger partial charge on any atom is 0.264 e. The lowest BCUT2D eigenvalue weighted by Crippen LogP contribution is -2.55. The summed E-state index contributed by atoms with van der Waals surface area (Å²) in [4.78, 5) is 30.7. The van der Waals surface area contributed by atoms with Gasteiger partial charge in [0.15, 0.2) is 0 Å². The molecule has 0 bridgehead atoms. The Labute approximate surface area is 305 Å². The summed E-state index contributed by atoms with van der Waals surface area (Å²) in [5.41, 5.74) is 3.28. The molecule has 0 aliphatic heterocycles. The van der Waals surface area contributed by atoms with Gasteiger partial charge in [-0.1, -0.05) is 103 Å². The van der Waals surface area contributed by atoms with Gasteiger partial charge in [-0.15, -0.1) is 0 Å². The van der Waals surface area contributed by atoms with E-state index in [1.807, 2.05) is 44.2 Å². The molecule has 1 atom stereocenters. The maximum absolute atomic E-state index is 14.9. The van der Waals surface area contributed by atoms with Crippen LogP contribution in [0.5, 0.6) is 5.75 Å². The summed E-state index contributed by atoms with van der Waals surface area (Å²) in [5, 5.41) is 3.97. The molecule has 8 nitrogen and oxygen atoms in total. The van der Waals surface area contributed by atoms with E-state index < -0.39 is 28.5 Å². The molecule has 50 heavy (non-hydrogen) atoms. The molecule has 0 radical (unpaired) electrons. The van der Waals surface area contributed by atoms with Crippen LogP contribution in [0.2, 0.25) is 10.0 Å². The highest BCUT2D eigenvalue weighted by atomic mass is 35.5. The number of nitrogens with one attached hydrogen (secondary N) is 1. The summed E-state index contributed by atoms with van der Waals surface area (Å²) in [6, 6.07) is 25.1. The van der Waals surface area contributed by atoms with Crippen LogP contribution in [-0.2, 0) is 32.6 Å². The van der Waals surface area contributed by atoms with Gasteiger partial charge in [-0.25, -0.2) is 8.42 Å². The number of amides is 2. The number of aryl methyl sites for hydroxylation is 2. The summed E-state index contributed by atoms with van der Waals surface area (Å²) < 4.78 is 35.6. The van der Waals surface area contributed by atoms with Gasteiger partial charge < -0.3 is 15.0 Å². The van der Waals surface area contributed by atoms with Crippen LogP contribution in [0, 0.1) is 13.8 Å². The van der Waals surface area contributed by atoms with E-state index in [4.69, 9.17) is 27.9 Å². The molecular weight excluding hydrogens is 693 g/mol. The Morgan fingerprint density at radius 2 is 1.56 bits per heavy atom. The van der Waals surface area contributed by atoms with Crippen LogP contribution in [0.15, 0.2) is 95.9 Å². The Morgan fingerprint density at radius 1 is 0.880 bits per heavy atom. The number of sulfonamides is 1. The second-order valence-corrected chi connectivity index (χ2v) is 15.5. The standard InChI is InChI=1S/C39H43Cl2N3O5S/c1-27-14-19-33(20-15-27)50(47,48)44(35-22-28(2)16-21-37(35)49-3)26-38(45)43(25-30-17-18-31(40)24-34(30)41)36(23-29-10-6-4-7-11-29)39(46)42-32-12-8-5-9-13-32/h4,6-7,10-11,14-22,24,32,36H,5,8-9,12-13,23,25-26H2,1-3H3,(H,42,46)/t36-/m1/s1. The molecule has 4 aromatic rings. The van der Waals surface area contributed by atoms with Crippen molar-refractivity contribution < 1.29 is 22.7 Å². The Kier molecular flexibility index (Phi) is 12.5. The molecule has 1 aliphatic carbocycles. The average molecular weight is 737 g/mol. The topological polar surface area (TPSA) is 96.0 Å². The largest absolute Gasteiger partial charge is 0.495 e. The summed E-state index contributed by atoms with van der Waals surface area (Å²) in [7, 11) is -2.85. The number of methoxy groups -OCH3 is 1. The number of carbonyl (C=O) groups excluding carboxylic acids is 2. The van der Waals surface area contributed by atoms with Crippen molar-refractivity contribution in [1.29, 1.82) is 0 Å². The molecule has 5 rings (SSSR count). The minimum absolute atomic E-state index is 0.0134. The number of hydrogen-bond donors (Lipinski definition) is 1. The normalized spacial score (nSPS) is 14.1. The smallest absolute Gasteiger partial charge is 0.264 e. The molecule has 2 amide bonds. The third-order valence-electron chi connectivity index (χ3n) is 9.07. The third kappa shape index (κ3) is 9.19. The summed E-state index contributed by atoms with van der Waals surface area (Å²) in [6.45, 7) is 3.03. The molecule has 0 unspecified atom stereocenters. The predicted octanol–water partition coefficient (Wildman–Crippen LogP) is 7.90. The van der Waals surface area contributed by atoms with Gasteiger partial charge in [0, 0.05) is 29.1 Å². The van der Waals surface area contributed by atoms with Crippen LogP contribution in [0.1, 0.15) is 54.4 Å². The fourth-order valence-corrected chi connectivity index (χ4v) is 8.16. The lowest BCUT2D eigenvalue weighted by Gasteiger charge is -2.35. The monoisotopic (exact) mass is 735 g/mol.